The number of rotatable bonds is 2. The van der Waals surface area contributed by atoms with Crippen LogP contribution in [0, 0.1) is 11.3 Å². The molecule has 1 fully saturated rings. The molecule has 1 aromatic rings. The van der Waals surface area contributed by atoms with E-state index in [1.54, 1.807) is 12.4 Å². The summed E-state index contributed by atoms with van der Waals surface area (Å²) in [7, 11) is 0. The molecule has 1 saturated carbocycles. The molecule has 1 heterocycles. The number of nitrogens with zero attached hydrogens (tertiary/aromatic N) is 2. The van der Waals surface area contributed by atoms with Crippen LogP contribution in [0.5, 0.6) is 0 Å². The minimum absolute atomic E-state index is 0.419. The molecular weight excluding hydrogens is 224 g/mol. The number of nitrogens with one attached hydrogen (secondary N) is 1. The lowest BCUT2D eigenvalue weighted by Gasteiger charge is -2.36. The van der Waals surface area contributed by atoms with Gasteiger partial charge in [0.1, 0.15) is 0 Å². The highest BCUT2D eigenvalue weighted by Crippen LogP contribution is 2.43. The summed E-state index contributed by atoms with van der Waals surface area (Å²) in [5.41, 5.74) is 4.11. The van der Waals surface area contributed by atoms with E-state index in [0.29, 0.717) is 11.3 Å². The van der Waals surface area contributed by atoms with E-state index in [1.165, 1.54) is 25.7 Å². The van der Waals surface area contributed by atoms with Gasteiger partial charge in [-0.15, -0.1) is 0 Å². The lowest BCUT2D eigenvalue weighted by Crippen LogP contribution is -2.26. The highest BCUT2D eigenvalue weighted by molar-refractivity contribution is 5.40. The van der Waals surface area contributed by atoms with E-state index in [1.807, 2.05) is 0 Å². The third-order valence-electron chi connectivity index (χ3n) is 4.20. The Hall–Kier alpha value is -1.16. The first-order valence-corrected chi connectivity index (χ1v) is 6.80. The quantitative estimate of drug-likeness (QED) is 0.623. The number of aromatic nitrogens is 2. The minimum atomic E-state index is 0.419. The van der Waals surface area contributed by atoms with Crippen LogP contribution in [0.3, 0.4) is 0 Å². The van der Waals surface area contributed by atoms with Gasteiger partial charge < -0.3 is 5.43 Å². The Morgan fingerprint density at radius 1 is 1.11 bits per heavy atom. The van der Waals surface area contributed by atoms with E-state index in [0.717, 1.165) is 17.4 Å². The van der Waals surface area contributed by atoms with Crippen molar-refractivity contribution >= 4 is 5.82 Å². The van der Waals surface area contributed by atoms with Crippen LogP contribution in [0.1, 0.15) is 58.1 Å². The number of hydrazine groups is 1. The Balaban J connectivity index is 2.06. The van der Waals surface area contributed by atoms with Gasteiger partial charge in [-0.3, -0.25) is 4.98 Å². The van der Waals surface area contributed by atoms with Gasteiger partial charge in [0.15, 0.2) is 5.82 Å². The van der Waals surface area contributed by atoms with Crippen molar-refractivity contribution in [3.05, 3.63) is 18.1 Å². The molecule has 1 aliphatic carbocycles. The third-order valence-corrected chi connectivity index (χ3v) is 4.20. The second-order valence-corrected chi connectivity index (χ2v) is 6.35. The number of hydrogen-bond acceptors (Lipinski definition) is 4. The molecule has 1 aliphatic rings. The summed E-state index contributed by atoms with van der Waals surface area (Å²) in [5.74, 6) is 7.56. The monoisotopic (exact) mass is 248 g/mol. The average Bonchev–Trinajstić information content (AvgIpc) is 2.38. The van der Waals surface area contributed by atoms with Crippen LogP contribution >= 0.6 is 0 Å². The zero-order chi connectivity index (χ0) is 13.2. The first-order valence-electron chi connectivity index (χ1n) is 6.80. The zero-order valence-electron chi connectivity index (χ0n) is 11.6. The van der Waals surface area contributed by atoms with Gasteiger partial charge in [0.05, 0.1) is 5.69 Å². The van der Waals surface area contributed by atoms with E-state index in [4.69, 9.17) is 5.84 Å². The fourth-order valence-electron chi connectivity index (χ4n) is 2.99. The molecule has 0 radical (unpaired) electrons. The standard InChI is InChI=1S/C14H24N4/c1-14(2,3)11-6-4-10(5-7-11)12-13(18-15)17-9-8-16-12/h8-11H,4-7,15H2,1-3H3,(H,17,18). The summed E-state index contributed by atoms with van der Waals surface area (Å²) in [6.45, 7) is 7.02. The molecule has 100 valence electrons. The molecule has 0 saturated heterocycles. The van der Waals surface area contributed by atoms with Gasteiger partial charge >= 0.3 is 0 Å². The van der Waals surface area contributed by atoms with Crippen LogP contribution in [0.25, 0.3) is 0 Å². The van der Waals surface area contributed by atoms with E-state index in [-0.39, 0.29) is 0 Å². The third kappa shape index (κ3) is 2.80. The molecule has 18 heavy (non-hydrogen) atoms. The predicted octanol–water partition coefficient (Wildman–Crippen LogP) is 3.08. The van der Waals surface area contributed by atoms with Crippen molar-refractivity contribution in [1.82, 2.24) is 9.97 Å². The highest BCUT2D eigenvalue weighted by atomic mass is 15.3. The molecule has 0 unspecified atom stereocenters. The fraction of sp³-hybridized carbons (Fsp3) is 0.714. The second kappa shape index (κ2) is 5.22. The lowest BCUT2D eigenvalue weighted by atomic mass is 9.69. The van der Waals surface area contributed by atoms with E-state index in [9.17, 15) is 0 Å². The Bertz CT molecular complexity index is 389. The van der Waals surface area contributed by atoms with Crippen molar-refractivity contribution in [2.45, 2.75) is 52.4 Å². The van der Waals surface area contributed by atoms with Crippen LogP contribution in [0.15, 0.2) is 12.4 Å². The molecule has 2 rings (SSSR count). The molecule has 1 aromatic heterocycles. The van der Waals surface area contributed by atoms with Crippen LogP contribution in [-0.4, -0.2) is 9.97 Å². The predicted molar refractivity (Wildman–Crippen MR) is 74.0 cm³/mol. The number of nitrogen functional groups attached to an aromatic ring is 1. The zero-order valence-corrected chi connectivity index (χ0v) is 11.6. The summed E-state index contributed by atoms with van der Waals surface area (Å²) in [5, 5.41) is 0. The molecule has 0 atom stereocenters. The number of anilines is 1. The Labute approximate surface area is 109 Å². The maximum absolute atomic E-state index is 5.50. The van der Waals surface area contributed by atoms with Gasteiger partial charge in [-0.25, -0.2) is 10.8 Å². The van der Waals surface area contributed by atoms with Crippen molar-refractivity contribution < 1.29 is 0 Å². The van der Waals surface area contributed by atoms with Gasteiger partial charge in [-0.1, -0.05) is 20.8 Å². The normalized spacial score (nSPS) is 24.9. The number of hydrogen-bond donors (Lipinski definition) is 2. The van der Waals surface area contributed by atoms with E-state index < -0.39 is 0 Å². The van der Waals surface area contributed by atoms with Crippen molar-refractivity contribution in [3.8, 4) is 0 Å². The summed E-state index contributed by atoms with van der Waals surface area (Å²) in [6, 6.07) is 0. The Morgan fingerprint density at radius 2 is 1.72 bits per heavy atom. The van der Waals surface area contributed by atoms with Crippen molar-refractivity contribution in [2.75, 3.05) is 5.43 Å². The maximum Gasteiger partial charge on any atom is 0.162 e. The first kappa shape index (κ1) is 13.3. The summed E-state index contributed by atoms with van der Waals surface area (Å²) >= 11 is 0. The molecular formula is C14H24N4. The lowest BCUT2D eigenvalue weighted by molar-refractivity contribution is 0.168. The van der Waals surface area contributed by atoms with Crippen LogP contribution in [0.4, 0.5) is 5.82 Å². The van der Waals surface area contributed by atoms with E-state index >= 15 is 0 Å². The van der Waals surface area contributed by atoms with Crippen LogP contribution in [0.2, 0.25) is 0 Å². The molecule has 4 heteroatoms. The van der Waals surface area contributed by atoms with Crippen molar-refractivity contribution in [3.63, 3.8) is 0 Å². The molecule has 0 aromatic carbocycles. The topological polar surface area (TPSA) is 63.8 Å². The largest absolute Gasteiger partial charge is 0.307 e. The summed E-state index contributed by atoms with van der Waals surface area (Å²) in [4.78, 5) is 8.70. The van der Waals surface area contributed by atoms with Gasteiger partial charge in [0, 0.05) is 18.3 Å². The fourth-order valence-corrected chi connectivity index (χ4v) is 2.99. The highest BCUT2D eigenvalue weighted by Gasteiger charge is 2.31. The maximum atomic E-state index is 5.50. The van der Waals surface area contributed by atoms with Gasteiger partial charge in [0.25, 0.3) is 0 Å². The molecule has 4 nitrogen and oxygen atoms in total. The van der Waals surface area contributed by atoms with Gasteiger partial charge in [0.2, 0.25) is 0 Å². The van der Waals surface area contributed by atoms with Gasteiger partial charge in [-0.2, -0.15) is 0 Å². The molecule has 3 N–H and O–H groups in total. The van der Waals surface area contributed by atoms with Crippen molar-refractivity contribution in [2.24, 2.45) is 17.2 Å². The average molecular weight is 248 g/mol. The minimum Gasteiger partial charge on any atom is -0.307 e. The Morgan fingerprint density at radius 3 is 2.28 bits per heavy atom. The van der Waals surface area contributed by atoms with E-state index in [2.05, 4.69) is 36.2 Å². The van der Waals surface area contributed by atoms with Gasteiger partial charge in [-0.05, 0) is 37.0 Å². The SMILES string of the molecule is CC(C)(C)C1CCC(c2nccnc2NN)CC1. The second-order valence-electron chi connectivity index (χ2n) is 6.35. The molecule has 0 spiro atoms. The molecule has 0 aliphatic heterocycles. The van der Waals surface area contributed by atoms with Crippen LogP contribution < -0.4 is 11.3 Å². The molecule has 0 bridgehead atoms. The summed E-state index contributed by atoms with van der Waals surface area (Å²) < 4.78 is 0. The summed E-state index contributed by atoms with van der Waals surface area (Å²) in [6.07, 6.45) is 8.36. The first-order chi connectivity index (χ1) is 8.52. The smallest absolute Gasteiger partial charge is 0.162 e. The molecule has 0 amide bonds. The Kier molecular flexibility index (Phi) is 3.85. The van der Waals surface area contributed by atoms with Crippen molar-refractivity contribution in [1.29, 1.82) is 0 Å². The number of nitrogens with two attached hydrogens (primary N) is 1. The van der Waals surface area contributed by atoms with Crippen LogP contribution in [-0.2, 0) is 0 Å².